The van der Waals surface area contributed by atoms with E-state index in [1.54, 1.807) is 0 Å². The Morgan fingerprint density at radius 2 is 1.80 bits per heavy atom. The fraction of sp³-hybridized carbons (Fsp3) is 0.333. The summed E-state index contributed by atoms with van der Waals surface area (Å²) in [6.45, 7) is 0. The van der Waals surface area contributed by atoms with Gasteiger partial charge in [0.2, 0.25) is 0 Å². The second-order valence-corrected chi connectivity index (χ2v) is 3.47. The molecule has 0 atom stereocenters. The Morgan fingerprint density at radius 3 is 2.40 bits per heavy atom. The van der Waals surface area contributed by atoms with Gasteiger partial charge in [-0.3, -0.25) is 20.2 Å². The minimum absolute atomic E-state index is 0.114. The summed E-state index contributed by atoms with van der Waals surface area (Å²) in [6, 6.07) is 2.49. The van der Waals surface area contributed by atoms with Crippen molar-refractivity contribution in [2.24, 2.45) is 0 Å². The molecule has 0 saturated carbocycles. The van der Waals surface area contributed by atoms with Crippen LogP contribution in [0.25, 0.3) is 0 Å². The molecule has 1 aromatic rings. The van der Waals surface area contributed by atoms with Crippen LogP contribution in [0.4, 0.5) is 11.4 Å². The first-order chi connectivity index (χ1) is 7.09. The van der Waals surface area contributed by atoms with E-state index in [1.807, 2.05) is 0 Å². The number of fused-ring (bicyclic) bond motifs is 1. The number of benzene rings is 1. The highest BCUT2D eigenvalue weighted by atomic mass is 16.6. The van der Waals surface area contributed by atoms with E-state index in [1.165, 1.54) is 6.07 Å². The molecule has 6 heteroatoms. The lowest BCUT2D eigenvalue weighted by Crippen LogP contribution is -1.97. The fourth-order valence-corrected chi connectivity index (χ4v) is 1.93. The summed E-state index contributed by atoms with van der Waals surface area (Å²) in [5, 5.41) is 21.3. The molecule has 0 unspecified atom stereocenters. The number of nitro benzene ring substituents is 2. The molecule has 1 aliphatic carbocycles. The van der Waals surface area contributed by atoms with Crippen molar-refractivity contribution < 1.29 is 9.85 Å². The second-order valence-electron chi connectivity index (χ2n) is 3.47. The van der Waals surface area contributed by atoms with Crippen molar-refractivity contribution in [3.63, 3.8) is 0 Å². The molecule has 1 aliphatic rings. The molecule has 0 spiro atoms. The van der Waals surface area contributed by atoms with Crippen molar-refractivity contribution in [2.75, 3.05) is 0 Å². The van der Waals surface area contributed by atoms with Gasteiger partial charge >= 0.3 is 0 Å². The predicted molar refractivity (Wildman–Crippen MR) is 51.8 cm³/mol. The predicted octanol–water partition coefficient (Wildman–Crippen LogP) is 1.99. The van der Waals surface area contributed by atoms with Crippen molar-refractivity contribution >= 4 is 11.4 Å². The topological polar surface area (TPSA) is 86.3 Å². The summed E-state index contributed by atoms with van der Waals surface area (Å²) in [5.74, 6) is 0. The summed E-state index contributed by atoms with van der Waals surface area (Å²) in [4.78, 5) is 20.1. The maximum atomic E-state index is 10.7. The van der Waals surface area contributed by atoms with Gasteiger partial charge in [0.15, 0.2) is 0 Å². The van der Waals surface area contributed by atoms with E-state index in [0.29, 0.717) is 18.4 Å². The third kappa shape index (κ3) is 1.54. The lowest BCUT2D eigenvalue weighted by Gasteiger charge is -2.00. The van der Waals surface area contributed by atoms with Crippen LogP contribution in [-0.2, 0) is 12.8 Å². The van der Waals surface area contributed by atoms with Crippen LogP contribution in [0.15, 0.2) is 12.1 Å². The maximum Gasteiger partial charge on any atom is 0.279 e. The Kier molecular flexibility index (Phi) is 2.11. The van der Waals surface area contributed by atoms with E-state index < -0.39 is 9.85 Å². The van der Waals surface area contributed by atoms with Crippen LogP contribution in [0.3, 0.4) is 0 Å². The first-order valence-electron chi connectivity index (χ1n) is 4.54. The zero-order valence-corrected chi connectivity index (χ0v) is 7.80. The minimum Gasteiger partial charge on any atom is -0.258 e. The van der Waals surface area contributed by atoms with E-state index in [0.717, 1.165) is 18.1 Å². The van der Waals surface area contributed by atoms with Crippen LogP contribution in [0.5, 0.6) is 0 Å². The van der Waals surface area contributed by atoms with E-state index in [-0.39, 0.29) is 11.4 Å². The Labute approximate surface area is 84.8 Å². The maximum absolute atomic E-state index is 10.7. The van der Waals surface area contributed by atoms with Gasteiger partial charge in [-0.15, -0.1) is 0 Å². The first kappa shape index (κ1) is 9.57. The van der Waals surface area contributed by atoms with E-state index in [9.17, 15) is 20.2 Å². The molecule has 0 bridgehead atoms. The molecule has 0 amide bonds. The quantitative estimate of drug-likeness (QED) is 0.549. The third-order valence-corrected chi connectivity index (χ3v) is 2.58. The average molecular weight is 208 g/mol. The largest absolute Gasteiger partial charge is 0.279 e. The van der Waals surface area contributed by atoms with Crippen molar-refractivity contribution in [1.82, 2.24) is 0 Å². The number of rotatable bonds is 2. The van der Waals surface area contributed by atoms with Crippen molar-refractivity contribution in [3.8, 4) is 0 Å². The van der Waals surface area contributed by atoms with Crippen LogP contribution < -0.4 is 0 Å². The van der Waals surface area contributed by atoms with Crippen LogP contribution >= 0.6 is 0 Å². The smallest absolute Gasteiger partial charge is 0.258 e. The minimum atomic E-state index is -0.592. The van der Waals surface area contributed by atoms with Crippen LogP contribution in [0, 0.1) is 20.2 Å². The van der Waals surface area contributed by atoms with E-state index in [4.69, 9.17) is 0 Å². The summed E-state index contributed by atoms with van der Waals surface area (Å²) < 4.78 is 0. The molecule has 0 radical (unpaired) electrons. The van der Waals surface area contributed by atoms with Gasteiger partial charge < -0.3 is 0 Å². The van der Waals surface area contributed by atoms with Gasteiger partial charge in [-0.25, -0.2) is 0 Å². The van der Waals surface area contributed by atoms with Gasteiger partial charge in [-0.1, -0.05) is 0 Å². The van der Waals surface area contributed by atoms with E-state index >= 15 is 0 Å². The molecule has 6 nitrogen and oxygen atoms in total. The van der Waals surface area contributed by atoms with Crippen LogP contribution in [-0.4, -0.2) is 9.85 Å². The molecular weight excluding hydrogens is 200 g/mol. The molecule has 0 aromatic heterocycles. The molecule has 0 N–H and O–H groups in total. The Balaban J connectivity index is 2.62. The monoisotopic (exact) mass is 208 g/mol. The zero-order chi connectivity index (χ0) is 11.0. The van der Waals surface area contributed by atoms with Gasteiger partial charge in [0.05, 0.1) is 15.9 Å². The van der Waals surface area contributed by atoms with Crippen molar-refractivity contribution in [2.45, 2.75) is 19.3 Å². The molecule has 0 aliphatic heterocycles. The molecule has 0 fully saturated rings. The Bertz CT molecular complexity index is 456. The van der Waals surface area contributed by atoms with Gasteiger partial charge in [0.25, 0.3) is 11.4 Å². The SMILES string of the molecule is O=[N+]([O-])c1cc2c(c([N+](=O)[O-])c1)CCC2. The molecular formula is C9H8N2O4. The summed E-state index contributed by atoms with van der Waals surface area (Å²) in [5.41, 5.74) is 1.10. The summed E-state index contributed by atoms with van der Waals surface area (Å²) >= 11 is 0. The average Bonchev–Trinajstić information content (AvgIpc) is 2.62. The number of hydrogen-bond acceptors (Lipinski definition) is 4. The van der Waals surface area contributed by atoms with E-state index in [2.05, 4.69) is 0 Å². The number of hydrogen-bond donors (Lipinski definition) is 0. The normalized spacial score (nSPS) is 13.6. The van der Waals surface area contributed by atoms with Crippen LogP contribution in [0.2, 0.25) is 0 Å². The molecule has 2 rings (SSSR count). The Hall–Kier alpha value is -1.98. The molecule has 78 valence electrons. The zero-order valence-electron chi connectivity index (χ0n) is 7.80. The summed E-state index contributed by atoms with van der Waals surface area (Å²) in [6.07, 6.45) is 2.17. The number of nitro groups is 2. The standard InChI is InChI=1S/C9H8N2O4/c12-10(13)7-4-6-2-1-3-8(6)9(5-7)11(14)15/h4-5H,1-3H2. The van der Waals surface area contributed by atoms with Crippen molar-refractivity contribution in [3.05, 3.63) is 43.5 Å². The second kappa shape index (κ2) is 3.30. The lowest BCUT2D eigenvalue weighted by molar-refractivity contribution is -0.394. The lowest BCUT2D eigenvalue weighted by atomic mass is 10.1. The highest BCUT2D eigenvalue weighted by Crippen LogP contribution is 2.34. The van der Waals surface area contributed by atoms with Gasteiger partial charge in [0.1, 0.15) is 0 Å². The molecule has 1 aromatic carbocycles. The number of aryl methyl sites for hydroxylation is 1. The van der Waals surface area contributed by atoms with Crippen LogP contribution in [0.1, 0.15) is 17.5 Å². The highest BCUT2D eigenvalue weighted by molar-refractivity contribution is 5.55. The fourth-order valence-electron chi connectivity index (χ4n) is 1.93. The Morgan fingerprint density at radius 1 is 1.07 bits per heavy atom. The molecule has 0 saturated heterocycles. The van der Waals surface area contributed by atoms with Gasteiger partial charge in [0, 0.05) is 11.6 Å². The third-order valence-electron chi connectivity index (χ3n) is 2.58. The number of nitrogens with zero attached hydrogens (tertiary/aromatic N) is 2. The first-order valence-corrected chi connectivity index (χ1v) is 4.54. The van der Waals surface area contributed by atoms with Crippen molar-refractivity contribution in [1.29, 1.82) is 0 Å². The molecule has 15 heavy (non-hydrogen) atoms. The summed E-state index contributed by atoms with van der Waals surface area (Å²) in [7, 11) is 0. The highest BCUT2D eigenvalue weighted by Gasteiger charge is 2.26. The number of non-ortho nitro benzene ring substituents is 1. The molecule has 0 heterocycles. The van der Waals surface area contributed by atoms with Gasteiger partial charge in [-0.05, 0) is 24.8 Å². The van der Waals surface area contributed by atoms with Gasteiger partial charge in [-0.2, -0.15) is 0 Å².